The van der Waals surface area contributed by atoms with Crippen LogP contribution >= 0.6 is 0 Å². The van der Waals surface area contributed by atoms with Gasteiger partial charge in [0.15, 0.2) is 0 Å². The first-order chi connectivity index (χ1) is 10.2. The maximum Gasteiger partial charge on any atom is 0.226 e. The number of nitrogens with one attached hydrogen (secondary N) is 1. The van der Waals surface area contributed by atoms with Gasteiger partial charge >= 0.3 is 0 Å². The summed E-state index contributed by atoms with van der Waals surface area (Å²) < 4.78 is 10.7. The van der Waals surface area contributed by atoms with E-state index in [-0.39, 0.29) is 5.91 Å². The summed E-state index contributed by atoms with van der Waals surface area (Å²) >= 11 is 0. The number of rotatable bonds is 7. The molecule has 5 heteroatoms. The molecule has 0 radical (unpaired) electrons. The molecule has 0 atom stereocenters. The summed E-state index contributed by atoms with van der Waals surface area (Å²) in [6.07, 6.45) is 5.48. The summed E-state index contributed by atoms with van der Waals surface area (Å²) in [5.41, 5.74) is 6.96. The lowest BCUT2D eigenvalue weighted by molar-refractivity contribution is -0.117. The minimum Gasteiger partial charge on any atom is -0.497 e. The third-order valence-corrected chi connectivity index (χ3v) is 3.83. The Balaban J connectivity index is 1.69. The van der Waals surface area contributed by atoms with E-state index in [1.807, 2.05) is 0 Å². The van der Waals surface area contributed by atoms with Crippen LogP contribution in [0.25, 0.3) is 0 Å². The van der Waals surface area contributed by atoms with Crippen molar-refractivity contribution in [3.05, 3.63) is 18.2 Å². The third-order valence-electron chi connectivity index (χ3n) is 3.83. The smallest absolute Gasteiger partial charge is 0.226 e. The van der Waals surface area contributed by atoms with Gasteiger partial charge in [-0.3, -0.25) is 4.79 Å². The van der Waals surface area contributed by atoms with E-state index >= 15 is 0 Å². The van der Waals surface area contributed by atoms with Gasteiger partial charge in [0.05, 0.1) is 31.5 Å². The maximum absolute atomic E-state index is 11.8. The Labute approximate surface area is 125 Å². The molecule has 0 aliphatic heterocycles. The van der Waals surface area contributed by atoms with Crippen LogP contribution in [0.3, 0.4) is 0 Å². The zero-order valence-electron chi connectivity index (χ0n) is 12.6. The van der Waals surface area contributed by atoms with E-state index in [0.717, 1.165) is 6.61 Å². The highest BCUT2D eigenvalue weighted by Crippen LogP contribution is 2.25. The molecule has 1 fully saturated rings. The van der Waals surface area contributed by atoms with Crippen LogP contribution in [0.1, 0.15) is 32.1 Å². The molecule has 0 heterocycles. The topological polar surface area (TPSA) is 73.6 Å². The average molecular weight is 292 g/mol. The lowest BCUT2D eigenvalue weighted by atomic mass is 10.1. The van der Waals surface area contributed by atoms with Gasteiger partial charge < -0.3 is 20.5 Å². The molecular formula is C16H24N2O3. The molecule has 5 nitrogen and oxygen atoms in total. The van der Waals surface area contributed by atoms with Gasteiger partial charge in [-0.05, 0) is 30.9 Å². The first kappa shape index (κ1) is 15.6. The number of benzene rings is 1. The van der Waals surface area contributed by atoms with Crippen LogP contribution in [0.4, 0.5) is 11.4 Å². The Morgan fingerprint density at radius 2 is 2.14 bits per heavy atom. The van der Waals surface area contributed by atoms with E-state index in [1.165, 1.54) is 25.7 Å². The number of ether oxygens (including phenoxy) is 2. The SMILES string of the molecule is COc1ccc(NC(=O)CCOCC2CCCC2)c(N)c1. The summed E-state index contributed by atoms with van der Waals surface area (Å²) in [7, 11) is 1.58. The number of hydrogen-bond donors (Lipinski definition) is 2. The van der Waals surface area contributed by atoms with Crippen molar-refractivity contribution in [2.24, 2.45) is 5.92 Å². The zero-order valence-corrected chi connectivity index (χ0v) is 12.6. The standard InChI is InChI=1S/C16H24N2O3/c1-20-13-6-7-15(14(17)10-13)18-16(19)8-9-21-11-12-4-2-3-5-12/h6-7,10,12H,2-5,8-9,11,17H2,1H3,(H,18,19). The molecule has 21 heavy (non-hydrogen) atoms. The Bertz CT molecular complexity index is 471. The van der Waals surface area contributed by atoms with Gasteiger partial charge in [-0.2, -0.15) is 0 Å². The highest BCUT2D eigenvalue weighted by molar-refractivity contribution is 5.94. The molecule has 0 unspecified atom stereocenters. The highest BCUT2D eigenvalue weighted by Gasteiger charge is 2.15. The van der Waals surface area contributed by atoms with Crippen molar-refractivity contribution in [1.29, 1.82) is 0 Å². The van der Waals surface area contributed by atoms with E-state index in [9.17, 15) is 4.79 Å². The second-order valence-electron chi connectivity index (χ2n) is 5.48. The molecule has 1 saturated carbocycles. The minimum absolute atomic E-state index is 0.0849. The second kappa shape index (κ2) is 7.88. The monoisotopic (exact) mass is 292 g/mol. The fourth-order valence-corrected chi connectivity index (χ4v) is 2.59. The van der Waals surface area contributed by atoms with Gasteiger partial charge in [0, 0.05) is 12.7 Å². The minimum atomic E-state index is -0.0849. The predicted molar refractivity (Wildman–Crippen MR) is 83.4 cm³/mol. The van der Waals surface area contributed by atoms with Gasteiger partial charge in [0.2, 0.25) is 5.91 Å². The average Bonchev–Trinajstić information content (AvgIpc) is 2.99. The zero-order chi connectivity index (χ0) is 15.1. The van der Waals surface area contributed by atoms with Crippen molar-refractivity contribution >= 4 is 17.3 Å². The Kier molecular flexibility index (Phi) is 5.87. The predicted octanol–water partition coefficient (Wildman–Crippen LogP) is 2.81. The molecule has 0 spiro atoms. The molecule has 116 valence electrons. The molecule has 1 aromatic rings. The van der Waals surface area contributed by atoms with Gasteiger partial charge in [0.25, 0.3) is 0 Å². The molecule has 0 bridgehead atoms. The summed E-state index contributed by atoms with van der Waals surface area (Å²) in [6, 6.07) is 5.19. The van der Waals surface area contributed by atoms with Crippen LogP contribution in [-0.4, -0.2) is 26.2 Å². The molecule has 1 aromatic carbocycles. The molecule has 2 rings (SSSR count). The largest absolute Gasteiger partial charge is 0.497 e. The van der Waals surface area contributed by atoms with Crippen LogP contribution in [0.2, 0.25) is 0 Å². The van der Waals surface area contributed by atoms with Gasteiger partial charge in [0.1, 0.15) is 5.75 Å². The van der Waals surface area contributed by atoms with Gasteiger partial charge in [-0.1, -0.05) is 12.8 Å². The second-order valence-corrected chi connectivity index (χ2v) is 5.48. The van der Waals surface area contributed by atoms with Gasteiger partial charge in [-0.25, -0.2) is 0 Å². The number of anilines is 2. The number of amides is 1. The lowest BCUT2D eigenvalue weighted by Crippen LogP contribution is -2.16. The summed E-state index contributed by atoms with van der Waals surface area (Å²) in [6.45, 7) is 1.23. The lowest BCUT2D eigenvalue weighted by Gasteiger charge is -2.11. The summed E-state index contributed by atoms with van der Waals surface area (Å²) in [5, 5.41) is 2.79. The van der Waals surface area contributed by atoms with Crippen LogP contribution in [-0.2, 0) is 9.53 Å². The van der Waals surface area contributed by atoms with E-state index in [0.29, 0.717) is 36.1 Å². The number of nitrogen functional groups attached to an aromatic ring is 1. The van der Waals surface area contributed by atoms with Crippen molar-refractivity contribution in [2.45, 2.75) is 32.1 Å². The normalized spacial score (nSPS) is 15.1. The highest BCUT2D eigenvalue weighted by atomic mass is 16.5. The van der Waals surface area contributed by atoms with E-state index in [4.69, 9.17) is 15.2 Å². The molecule has 1 aliphatic carbocycles. The number of carbonyl (C=O) groups excluding carboxylic acids is 1. The van der Waals surface area contributed by atoms with Crippen molar-refractivity contribution in [3.63, 3.8) is 0 Å². The Morgan fingerprint density at radius 3 is 2.81 bits per heavy atom. The molecule has 1 amide bonds. The molecule has 3 N–H and O–H groups in total. The number of methoxy groups -OCH3 is 1. The first-order valence-corrected chi connectivity index (χ1v) is 7.50. The van der Waals surface area contributed by atoms with Crippen molar-refractivity contribution in [3.8, 4) is 5.75 Å². The Morgan fingerprint density at radius 1 is 1.38 bits per heavy atom. The van der Waals surface area contributed by atoms with Crippen LogP contribution in [0.5, 0.6) is 5.75 Å². The first-order valence-electron chi connectivity index (χ1n) is 7.50. The van der Waals surface area contributed by atoms with E-state index in [1.54, 1.807) is 25.3 Å². The molecule has 1 aliphatic rings. The van der Waals surface area contributed by atoms with Gasteiger partial charge in [-0.15, -0.1) is 0 Å². The quantitative estimate of drug-likeness (QED) is 0.598. The van der Waals surface area contributed by atoms with Crippen molar-refractivity contribution in [2.75, 3.05) is 31.4 Å². The Hall–Kier alpha value is -1.75. The van der Waals surface area contributed by atoms with Crippen molar-refractivity contribution < 1.29 is 14.3 Å². The van der Waals surface area contributed by atoms with Crippen molar-refractivity contribution in [1.82, 2.24) is 0 Å². The molecular weight excluding hydrogens is 268 g/mol. The number of hydrogen-bond acceptors (Lipinski definition) is 4. The fourth-order valence-electron chi connectivity index (χ4n) is 2.59. The number of carbonyl (C=O) groups is 1. The third kappa shape index (κ3) is 4.93. The van der Waals surface area contributed by atoms with Crippen LogP contribution < -0.4 is 15.8 Å². The maximum atomic E-state index is 11.8. The molecule has 0 aromatic heterocycles. The fraction of sp³-hybridized carbons (Fsp3) is 0.562. The summed E-state index contributed by atoms with van der Waals surface area (Å²) in [4.78, 5) is 11.8. The summed E-state index contributed by atoms with van der Waals surface area (Å²) in [5.74, 6) is 1.27. The van der Waals surface area contributed by atoms with E-state index < -0.39 is 0 Å². The van der Waals surface area contributed by atoms with E-state index in [2.05, 4.69) is 5.32 Å². The van der Waals surface area contributed by atoms with Crippen LogP contribution in [0.15, 0.2) is 18.2 Å². The van der Waals surface area contributed by atoms with Crippen LogP contribution in [0, 0.1) is 5.92 Å². The molecule has 0 saturated heterocycles. The number of nitrogens with two attached hydrogens (primary N) is 1.